The number of para-hydroxylation sites is 2. The van der Waals surface area contributed by atoms with Crippen LogP contribution in [0.4, 0.5) is 17.1 Å². The first-order chi connectivity index (χ1) is 16.0. The van der Waals surface area contributed by atoms with Gasteiger partial charge >= 0.3 is 0 Å². The van der Waals surface area contributed by atoms with Crippen molar-refractivity contribution in [2.24, 2.45) is 10.3 Å². The topological polar surface area (TPSA) is 86.5 Å². The molecule has 4 rings (SSSR count). The van der Waals surface area contributed by atoms with Crippen LogP contribution in [-0.4, -0.2) is 37.2 Å². The Morgan fingerprint density at radius 1 is 1.18 bits per heavy atom. The highest BCUT2D eigenvalue weighted by molar-refractivity contribution is 6.35. The summed E-state index contributed by atoms with van der Waals surface area (Å²) in [5.74, 6) is 0.549. The number of carbonyl (C=O) groups excluding carboxylic acids is 1. The zero-order chi connectivity index (χ0) is 23.4. The maximum atomic E-state index is 13.4. The molecule has 0 aliphatic carbocycles. The summed E-state index contributed by atoms with van der Waals surface area (Å²) in [5, 5.41) is 22.9. The molecular formula is C25H25ClN4O3. The fraction of sp³-hybridized carbons (Fsp3) is 0.240. The highest BCUT2D eigenvalue weighted by Gasteiger charge is 2.22. The largest absolute Gasteiger partial charge is 0.495 e. The molecule has 1 atom stereocenters. The minimum absolute atomic E-state index is 0.0480. The SMILES string of the molecule is COc1ccccc1Nc1ccc(C(=O)c2cc(N3CC(CCO)N=N3)ccc2C)c(Cl)c1. The van der Waals surface area contributed by atoms with Crippen molar-refractivity contribution in [3.05, 3.63) is 82.4 Å². The van der Waals surface area contributed by atoms with E-state index in [0.717, 1.165) is 22.6 Å². The van der Waals surface area contributed by atoms with Crippen molar-refractivity contribution in [2.75, 3.05) is 30.6 Å². The van der Waals surface area contributed by atoms with Gasteiger partial charge in [0.25, 0.3) is 0 Å². The first-order valence-electron chi connectivity index (χ1n) is 10.6. The van der Waals surface area contributed by atoms with Crippen molar-refractivity contribution < 1.29 is 14.6 Å². The van der Waals surface area contributed by atoms with Gasteiger partial charge in [0, 0.05) is 23.4 Å². The number of hydrogen-bond acceptors (Lipinski definition) is 7. The van der Waals surface area contributed by atoms with Gasteiger partial charge in [-0.1, -0.05) is 35.0 Å². The van der Waals surface area contributed by atoms with Crippen molar-refractivity contribution >= 4 is 34.4 Å². The van der Waals surface area contributed by atoms with E-state index in [4.69, 9.17) is 21.4 Å². The van der Waals surface area contributed by atoms with Gasteiger partial charge in [-0.05, 0) is 61.4 Å². The number of ketones is 1. The summed E-state index contributed by atoms with van der Waals surface area (Å²) in [6.07, 6.45) is 0.558. The van der Waals surface area contributed by atoms with Crippen LogP contribution in [0.25, 0.3) is 0 Å². The predicted octanol–water partition coefficient (Wildman–Crippen LogP) is 5.57. The zero-order valence-corrected chi connectivity index (χ0v) is 19.2. The first kappa shape index (κ1) is 22.8. The van der Waals surface area contributed by atoms with Crippen molar-refractivity contribution in [1.82, 2.24) is 0 Å². The van der Waals surface area contributed by atoms with Gasteiger partial charge in [-0.15, -0.1) is 0 Å². The van der Waals surface area contributed by atoms with Crippen LogP contribution >= 0.6 is 11.6 Å². The lowest BCUT2D eigenvalue weighted by atomic mass is 9.98. The number of carbonyl (C=O) groups is 1. The Kier molecular flexibility index (Phi) is 6.91. The number of anilines is 3. The molecule has 0 fully saturated rings. The van der Waals surface area contributed by atoms with E-state index in [0.29, 0.717) is 34.9 Å². The summed E-state index contributed by atoms with van der Waals surface area (Å²) in [5.41, 5.74) is 4.15. The number of aliphatic hydroxyl groups is 1. The van der Waals surface area contributed by atoms with Crippen LogP contribution in [0.1, 0.15) is 27.9 Å². The molecule has 1 aliphatic heterocycles. The third-order valence-electron chi connectivity index (χ3n) is 5.53. The van der Waals surface area contributed by atoms with Crippen LogP contribution in [-0.2, 0) is 0 Å². The monoisotopic (exact) mass is 464 g/mol. The van der Waals surface area contributed by atoms with Crippen LogP contribution in [0.3, 0.4) is 0 Å². The molecule has 7 nitrogen and oxygen atoms in total. The first-order valence-corrected chi connectivity index (χ1v) is 11.0. The van der Waals surface area contributed by atoms with Crippen molar-refractivity contribution in [3.8, 4) is 5.75 Å². The molecule has 0 saturated heterocycles. The van der Waals surface area contributed by atoms with E-state index >= 15 is 0 Å². The lowest BCUT2D eigenvalue weighted by Crippen LogP contribution is -2.21. The molecule has 0 radical (unpaired) electrons. The molecule has 3 aromatic carbocycles. The number of benzene rings is 3. The Bertz CT molecular complexity index is 1200. The molecule has 8 heteroatoms. The second kappa shape index (κ2) is 10.0. The Labute approximate surface area is 197 Å². The molecule has 0 aromatic heterocycles. The van der Waals surface area contributed by atoms with E-state index < -0.39 is 0 Å². The highest BCUT2D eigenvalue weighted by atomic mass is 35.5. The maximum Gasteiger partial charge on any atom is 0.194 e. The van der Waals surface area contributed by atoms with E-state index in [-0.39, 0.29) is 18.4 Å². The van der Waals surface area contributed by atoms with Gasteiger partial charge in [0.05, 0.1) is 36.1 Å². The van der Waals surface area contributed by atoms with Gasteiger partial charge in [0.2, 0.25) is 0 Å². The Hall–Kier alpha value is -3.42. The number of aliphatic hydroxyl groups excluding tert-OH is 1. The van der Waals surface area contributed by atoms with E-state index in [1.165, 1.54) is 0 Å². The number of aryl methyl sites for hydroxylation is 1. The van der Waals surface area contributed by atoms with E-state index in [1.807, 2.05) is 55.5 Å². The zero-order valence-electron chi connectivity index (χ0n) is 18.5. The molecule has 3 aromatic rings. The fourth-order valence-electron chi connectivity index (χ4n) is 3.70. The van der Waals surface area contributed by atoms with Gasteiger partial charge in [-0.3, -0.25) is 4.79 Å². The highest BCUT2D eigenvalue weighted by Crippen LogP contribution is 2.31. The average molecular weight is 465 g/mol. The molecule has 0 spiro atoms. The van der Waals surface area contributed by atoms with Crippen LogP contribution in [0.2, 0.25) is 5.02 Å². The molecule has 1 aliphatic rings. The van der Waals surface area contributed by atoms with Crippen molar-refractivity contribution in [2.45, 2.75) is 19.4 Å². The fourth-order valence-corrected chi connectivity index (χ4v) is 3.97. The Morgan fingerprint density at radius 3 is 2.76 bits per heavy atom. The minimum atomic E-state index is -0.161. The number of halogens is 1. The van der Waals surface area contributed by atoms with Gasteiger partial charge in [-0.25, -0.2) is 5.01 Å². The summed E-state index contributed by atoms with van der Waals surface area (Å²) in [6, 6.07) is 18.4. The number of ether oxygens (including phenoxy) is 1. The average Bonchev–Trinajstić information content (AvgIpc) is 3.28. The van der Waals surface area contributed by atoms with Crippen LogP contribution in [0, 0.1) is 6.92 Å². The Morgan fingerprint density at radius 2 is 2.00 bits per heavy atom. The maximum absolute atomic E-state index is 13.4. The molecule has 33 heavy (non-hydrogen) atoms. The molecule has 170 valence electrons. The standard InChI is InChI=1S/C25H25ClN4O3/c1-16-7-9-19(30-15-18(11-12-31)28-29-30)14-21(16)25(32)20-10-8-17(13-22(20)26)27-23-5-3-4-6-24(23)33-2/h3-10,13-14,18,27,31H,11-12,15H2,1-2H3. The third-order valence-corrected chi connectivity index (χ3v) is 5.85. The minimum Gasteiger partial charge on any atom is -0.495 e. The van der Waals surface area contributed by atoms with E-state index in [9.17, 15) is 4.79 Å². The molecular weight excluding hydrogens is 440 g/mol. The quantitative estimate of drug-likeness (QED) is 0.425. The number of nitrogens with one attached hydrogen (secondary N) is 1. The lowest BCUT2D eigenvalue weighted by Gasteiger charge is -2.16. The van der Waals surface area contributed by atoms with Crippen molar-refractivity contribution in [1.29, 1.82) is 0 Å². The molecule has 1 unspecified atom stereocenters. The van der Waals surface area contributed by atoms with Crippen LogP contribution < -0.4 is 15.1 Å². The number of hydrogen-bond donors (Lipinski definition) is 2. The summed E-state index contributed by atoms with van der Waals surface area (Å²) in [7, 11) is 1.61. The van der Waals surface area contributed by atoms with E-state index in [2.05, 4.69) is 15.7 Å². The second-order valence-corrected chi connectivity index (χ2v) is 8.21. The van der Waals surface area contributed by atoms with Gasteiger partial charge in [0.1, 0.15) is 5.75 Å². The van der Waals surface area contributed by atoms with Gasteiger partial charge in [-0.2, -0.15) is 5.11 Å². The molecule has 1 heterocycles. The summed E-state index contributed by atoms with van der Waals surface area (Å²) in [6.45, 7) is 2.53. The lowest BCUT2D eigenvalue weighted by molar-refractivity contribution is 0.103. The Balaban J connectivity index is 1.56. The van der Waals surface area contributed by atoms with Gasteiger partial charge in [0.15, 0.2) is 5.78 Å². The summed E-state index contributed by atoms with van der Waals surface area (Å²) in [4.78, 5) is 13.4. The molecule has 2 N–H and O–H groups in total. The van der Waals surface area contributed by atoms with Crippen molar-refractivity contribution in [3.63, 3.8) is 0 Å². The summed E-state index contributed by atoms with van der Waals surface area (Å²) >= 11 is 6.53. The molecule has 0 saturated carbocycles. The molecule has 0 amide bonds. The number of nitrogens with zero attached hydrogens (tertiary/aromatic N) is 3. The number of rotatable bonds is 8. The van der Waals surface area contributed by atoms with Crippen LogP contribution in [0.5, 0.6) is 5.75 Å². The smallest absolute Gasteiger partial charge is 0.194 e. The third kappa shape index (κ3) is 4.99. The normalized spacial score (nSPS) is 15.0. The molecule has 0 bridgehead atoms. The van der Waals surface area contributed by atoms with Crippen LogP contribution in [0.15, 0.2) is 71.0 Å². The number of methoxy groups -OCH3 is 1. The summed E-state index contributed by atoms with van der Waals surface area (Å²) < 4.78 is 5.37. The van der Waals surface area contributed by atoms with E-state index in [1.54, 1.807) is 24.3 Å². The predicted molar refractivity (Wildman–Crippen MR) is 130 cm³/mol. The second-order valence-electron chi connectivity index (χ2n) is 7.80. The van der Waals surface area contributed by atoms with Gasteiger partial charge < -0.3 is 15.2 Å².